The number of aromatic nitrogens is 2. The van der Waals surface area contributed by atoms with Gasteiger partial charge in [0.05, 0.1) is 35.4 Å². The molecule has 15 nitrogen and oxygen atoms in total. The molecule has 0 spiro atoms. The molecule has 0 radical (unpaired) electrons. The van der Waals surface area contributed by atoms with Gasteiger partial charge in [0.25, 0.3) is 11.8 Å². The van der Waals surface area contributed by atoms with Crippen LogP contribution in [0.5, 0.6) is 11.6 Å². The first kappa shape index (κ1) is 44.0. The smallest absolute Gasteiger partial charge is 0.408 e. The Morgan fingerprint density at radius 1 is 1.08 bits per heavy atom. The van der Waals surface area contributed by atoms with Crippen molar-refractivity contribution in [3.8, 4) is 11.6 Å². The van der Waals surface area contributed by atoms with Crippen LogP contribution in [0.3, 0.4) is 0 Å². The van der Waals surface area contributed by atoms with Crippen molar-refractivity contribution in [2.75, 3.05) is 13.7 Å². The number of amides is 3. The summed E-state index contributed by atoms with van der Waals surface area (Å²) in [5, 5.41) is 2.71. The maximum Gasteiger partial charge on any atom is 0.408 e. The predicted octanol–water partition coefficient (Wildman–Crippen LogP) is 5.71. The monoisotopic (exact) mass is 870 g/mol. The second-order valence-electron chi connectivity index (χ2n) is 18.3. The summed E-state index contributed by atoms with van der Waals surface area (Å²) in [5.41, 5.74) is -1.02. The lowest BCUT2D eigenvalue weighted by molar-refractivity contribution is -0.167. The number of carbonyl (C=O) groups excluding carboxylic acids is 3. The Kier molecular flexibility index (Phi) is 11.8. The molecule has 3 saturated carbocycles. The number of nitrogens with one attached hydrogen (secondary N) is 3. The summed E-state index contributed by atoms with van der Waals surface area (Å²) in [7, 11) is -2.80. The first-order valence-corrected chi connectivity index (χ1v) is 22.1. The van der Waals surface area contributed by atoms with Gasteiger partial charge in [-0.15, -0.1) is 0 Å². The van der Waals surface area contributed by atoms with Crippen LogP contribution >= 0.6 is 0 Å². The van der Waals surface area contributed by atoms with Gasteiger partial charge >= 0.3 is 6.09 Å². The quantitative estimate of drug-likeness (QED) is 0.195. The number of carbonyl (C=O) groups is 3. The lowest BCUT2D eigenvalue weighted by Crippen LogP contribution is -2.58. The van der Waals surface area contributed by atoms with Gasteiger partial charge in [0.2, 0.25) is 28.2 Å². The SMILES string of the molecule is CCC[C@@H]1[C@@H]2CN(C(=O)[C@H](C(C)(C)C)NC(=O)O[C@@H]3CC3CCCCC(F)(F)c3nc4ccc(OC)cc4nc3O2)[C@@H]1ON[C@]1(C(=O)NS(=O)(=O)C2(C)CC2)C[C@H]1C(F)F. The van der Waals surface area contributed by atoms with Crippen LogP contribution in [0, 0.1) is 23.2 Å². The molecule has 5 aliphatic rings. The van der Waals surface area contributed by atoms with E-state index < -0.39 is 117 Å². The molecular formula is C40H54F4N6O9S. The molecular weight excluding hydrogens is 817 g/mol. The molecule has 332 valence electrons. The van der Waals surface area contributed by atoms with Gasteiger partial charge in [0.1, 0.15) is 29.5 Å². The summed E-state index contributed by atoms with van der Waals surface area (Å²) in [4.78, 5) is 58.1. The van der Waals surface area contributed by atoms with Crippen molar-refractivity contribution in [2.24, 2.45) is 23.2 Å². The molecule has 3 N–H and O–H groups in total. The van der Waals surface area contributed by atoms with E-state index in [1.807, 2.05) is 11.6 Å². The van der Waals surface area contributed by atoms with Gasteiger partial charge in [-0.2, -0.15) is 14.3 Å². The summed E-state index contributed by atoms with van der Waals surface area (Å²) >= 11 is 0. The Morgan fingerprint density at radius 2 is 1.82 bits per heavy atom. The second kappa shape index (κ2) is 16.0. The van der Waals surface area contributed by atoms with Crippen LogP contribution in [0.25, 0.3) is 11.0 Å². The highest BCUT2D eigenvalue weighted by atomic mass is 32.2. The average Bonchev–Trinajstić information content (AvgIpc) is 4.12. The van der Waals surface area contributed by atoms with Crippen molar-refractivity contribution in [2.45, 2.75) is 146 Å². The van der Waals surface area contributed by atoms with E-state index in [1.54, 1.807) is 26.8 Å². The number of benzene rings is 1. The molecule has 1 aromatic heterocycles. The number of alkyl carbamates (subject to hydrolysis) is 1. The Morgan fingerprint density at radius 3 is 2.45 bits per heavy atom. The number of hydrogen-bond acceptors (Lipinski definition) is 12. The topological polar surface area (TPSA) is 187 Å². The number of rotatable bonds is 10. The molecule has 2 aromatic rings. The number of methoxy groups -OCH3 is 1. The maximum absolute atomic E-state index is 16.4. The average molecular weight is 871 g/mol. The Bertz CT molecular complexity index is 2100. The number of sulfonamides is 1. The summed E-state index contributed by atoms with van der Waals surface area (Å²) in [6, 6.07) is 3.35. The molecule has 1 saturated heterocycles. The minimum atomic E-state index is -4.24. The molecule has 3 heterocycles. The highest BCUT2D eigenvalue weighted by Gasteiger charge is 2.67. The van der Waals surface area contributed by atoms with Crippen LogP contribution in [0.1, 0.15) is 105 Å². The third kappa shape index (κ3) is 8.69. The Labute approximate surface area is 346 Å². The lowest BCUT2D eigenvalue weighted by atomic mass is 9.86. The summed E-state index contributed by atoms with van der Waals surface area (Å²) in [6.45, 7) is 8.09. The van der Waals surface area contributed by atoms with E-state index in [2.05, 4.69) is 20.8 Å². The van der Waals surface area contributed by atoms with Gasteiger partial charge in [0.15, 0.2) is 11.9 Å². The first-order valence-electron chi connectivity index (χ1n) is 20.6. The van der Waals surface area contributed by atoms with E-state index in [9.17, 15) is 31.6 Å². The van der Waals surface area contributed by atoms with E-state index >= 15 is 8.78 Å². The van der Waals surface area contributed by atoms with E-state index in [-0.39, 0.29) is 49.2 Å². The lowest BCUT2D eigenvalue weighted by Gasteiger charge is -2.36. The predicted molar refractivity (Wildman–Crippen MR) is 207 cm³/mol. The number of hydrogen-bond donors (Lipinski definition) is 3. The van der Waals surface area contributed by atoms with E-state index in [0.717, 1.165) is 0 Å². The fraction of sp³-hybridized carbons (Fsp3) is 0.725. The molecule has 3 aliphatic carbocycles. The second-order valence-corrected chi connectivity index (χ2v) is 20.5. The highest BCUT2D eigenvalue weighted by molar-refractivity contribution is 7.91. The van der Waals surface area contributed by atoms with E-state index in [4.69, 9.17) is 19.0 Å². The van der Waals surface area contributed by atoms with Crippen molar-refractivity contribution in [1.29, 1.82) is 0 Å². The summed E-state index contributed by atoms with van der Waals surface area (Å²) in [5.74, 6) is -8.11. The van der Waals surface area contributed by atoms with Crippen LogP contribution in [0.4, 0.5) is 22.4 Å². The third-order valence-corrected chi connectivity index (χ3v) is 14.8. The Balaban J connectivity index is 1.29. The minimum absolute atomic E-state index is 0.0366. The number of hydroxylamine groups is 1. The van der Waals surface area contributed by atoms with Crippen LogP contribution in [-0.2, 0) is 35.1 Å². The normalized spacial score (nSPS) is 31.4. The van der Waals surface area contributed by atoms with E-state index in [1.165, 1.54) is 31.1 Å². The molecule has 20 heteroatoms. The zero-order valence-corrected chi connectivity index (χ0v) is 35.4. The molecule has 7 rings (SSSR count). The fourth-order valence-electron chi connectivity index (χ4n) is 8.22. The van der Waals surface area contributed by atoms with Crippen molar-refractivity contribution < 1.29 is 59.4 Å². The first-order chi connectivity index (χ1) is 28.1. The van der Waals surface area contributed by atoms with Crippen molar-refractivity contribution in [3.63, 3.8) is 0 Å². The van der Waals surface area contributed by atoms with Crippen LogP contribution in [0.2, 0.25) is 0 Å². The number of halogens is 4. The largest absolute Gasteiger partial charge is 0.497 e. The molecule has 2 bridgehead atoms. The fourth-order valence-corrected chi connectivity index (χ4v) is 9.53. The molecule has 4 fully saturated rings. The summed E-state index contributed by atoms with van der Waals surface area (Å²) < 4.78 is 106. The van der Waals surface area contributed by atoms with E-state index in [0.29, 0.717) is 31.4 Å². The molecule has 60 heavy (non-hydrogen) atoms. The van der Waals surface area contributed by atoms with Gasteiger partial charge in [0, 0.05) is 18.4 Å². The number of alkyl halides is 4. The number of nitrogens with zero attached hydrogens (tertiary/aromatic N) is 3. The Hall–Kier alpha value is -4.04. The molecule has 2 aliphatic heterocycles. The number of fused-ring (bicyclic) bond motifs is 5. The molecule has 1 unspecified atom stereocenters. The zero-order chi connectivity index (χ0) is 43.6. The minimum Gasteiger partial charge on any atom is -0.497 e. The zero-order valence-electron chi connectivity index (χ0n) is 34.6. The standard InChI is InChI=1S/C40H54F4N6O9S/c1-7-10-23-28-20-50(34(23)59-49-39(19-24(39)31(41)42)35(52)48-60(54,55)38(5)15-16-38)33(51)30(37(2,3)4)47-36(53)58-27-17-21(27)11-8-9-14-40(43,44)29-32(57-28)46-26-18-22(56-6)12-13-25(26)45-29/h12-13,18,21,23-24,27-28,30-31,34,49H,7-11,14-17,19-20H2,1-6H3,(H,47,53)(H,48,52)/t21?,23-,24+,27-,28+,30-,34-,39-/m1/s1. The van der Waals surface area contributed by atoms with Gasteiger partial charge < -0.3 is 24.4 Å². The van der Waals surface area contributed by atoms with Crippen LogP contribution < -0.4 is 25.0 Å². The van der Waals surface area contributed by atoms with Crippen LogP contribution in [-0.4, -0.2) is 96.0 Å². The maximum atomic E-state index is 16.4. The van der Waals surface area contributed by atoms with Crippen LogP contribution in [0.15, 0.2) is 18.2 Å². The number of ether oxygens (including phenoxy) is 3. The van der Waals surface area contributed by atoms with Gasteiger partial charge in [-0.05, 0) is 75.3 Å². The third-order valence-electron chi connectivity index (χ3n) is 12.6. The van der Waals surface area contributed by atoms with Crippen molar-refractivity contribution in [1.82, 2.24) is 30.4 Å². The van der Waals surface area contributed by atoms with Crippen molar-refractivity contribution >= 4 is 39.0 Å². The van der Waals surface area contributed by atoms with Gasteiger partial charge in [-0.1, -0.05) is 40.5 Å². The summed E-state index contributed by atoms with van der Waals surface area (Å²) in [6.07, 6.45) is -5.11. The molecule has 8 atom stereocenters. The highest BCUT2D eigenvalue weighted by Crippen LogP contribution is 2.50. The molecule has 3 amide bonds. The van der Waals surface area contributed by atoms with Gasteiger partial charge in [-0.25, -0.2) is 32.0 Å². The molecule has 1 aromatic carbocycles. The van der Waals surface area contributed by atoms with Gasteiger partial charge in [-0.3, -0.25) is 19.1 Å². The van der Waals surface area contributed by atoms with Crippen molar-refractivity contribution in [3.05, 3.63) is 23.9 Å².